The molecule has 0 aliphatic carbocycles. The van der Waals surface area contributed by atoms with E-state index in [9.17, 15) is 18.0 Å². The molecule has 134 valence electrons. The average Bonchev–Trinajstić information content (AvgIpc) is 3.04. The van der Waals surface area contributed by atoms with Crippen molar-refractivity contribution in [3.8, 4) is 0 Å². The first-order valence-electron chi connectivity index (χ1n) is 7.38. The number of hydrogen-bond acceptors (Lipinski definition) is 6. The molecule has 0 atom stereocenters. The maximum Gasteiger partial charge on any atom is 0.274 e. The summed E-state index contributed by atoms with van der Waals surface area (Å²) < 4.78 is 28.1. The van der Waals surface area contributed by atoms with Crippen molar-refractivity contribution < 1.29 is 13.2 Å². The summed E-state index contributed by atoms with van der Waals surface area (Å²) in [7, 11) is -2.13. The second-order valence-electron chi connectivity index (χ2n) is 5.44. The Morgan fingerprint density at radius 3 is 2.40 bits per heavy atom. The Kier molecular flexibility index (Phi) is 4.96. The molecular formula is C14H15ClN4O4S2. The molecule has 0 unspecified atom stereocenters. The van der Waals surface area contributed by atoms with E-state index in [1.807, 2.05) is 0 Å². The van der Waals surface area contributed by atoms with Gasteiger partial charge in [-0.05, 0) is 18.2 Å². The summed E-state index contributed by atoms with van der Waals surface area (Å²) >= 11 is 6.82. The number of thiophene rings is 1. The summed E-state index contributed by atoms with van der Waals surface area (Å²) in [5.41, 5.74) is -0.148. The molecule has 8 nitrogen and oxygen atoms in total. The van der Waals surface area contributed by atoms with Crippen LogP contribution in [0, 0.1) is 0 Å². The number of sulfonamides is 1. The van der Waals surface area contributed by atoms with Crippen molar-refractivity contribution in [1.29, 1.82) is 0 Å². The predicted molar refractivity (Wildman–Crippen MR) is 93.5 cm³/mol. The third-order valence-corrected chi connectivity index (χ3v) is 7.45. The first kappa shape index (κ1) is 18.1. The van der Waals surface area contributed by atoms with E-state index >= 15 is 0 Å². The molecular weight excluding hydrogens is 388 g/mol. The molecule has 1 saturated heterocycles. The van der Waals surface area contributed by atoms with Gasteiger partial charge in [-0.15, -0.1) is 11.3 Å². The standard InChI is InChI=1S/C14H15ClN4O4S2/c1-17-12(20)4-2-10(16-17)14(21)18-6-8-19(9-7-18)25(22,23)13-5-3-11(15)24-13/h2-5H,6-9H2,1H3. The summed E-state index contributed by atoms with van der Waals surface area (Å²) in [6.07, 6.45) is 0. The third kappa shape index (κ3) is 3.61. The summed E-state index contributed by atoms with van der Waals surface area (Å²) in [5, 5.41) is 3.93. The zero-order chi connectivity index (χ0) is 18.2. The fourth-order valence-corrected chi connectivity index (χ4v) is 5.53. The van der Waals surface area contributed by atoms with E-state index < -0.39 is 10.0 Å². The van der Waals surface area contributed by atoms with Crippen LogP contribution in [0.15, 0.2) is 33.3 Å². The highest BCUT2D eigenvalue weighted by molar-refractivity contribution is 7.91. The van der Waals surface area contributed by atoms with Crippen LogP contribution < -0.4 is 5.56 Å². The normalized spacial score (nSPS) is 16.2. The van der Waals surface area contributed by atoms with Crippen LogP contribution in [0.25, 0.3) is 0 Å². The molecule has 1 amide bonds. The van der Waals surface area contributed by atoms with Gasteiger partial charge in [0.2, 0.25) is 0 Å². The molecule has 0 aromatic carbocycles. The smallest absolute Gasteiger partial charge is 0.274 e. The number of piperazine rings is 1. The van der Waals surface area contributed by atoms with Crippen LogP contribution >= 0.6 is 22.9 Å². The van der Waals surface area contributed by atoms with Crippen molar-refractivity contribution in [3.05, 3.63) is 44.6 Å². The van der Waals surface area contributed by atoms with Crippen LogP contribution in [0.4, 0.5) is 0 Å². The minimum atomic E-state index is -3.60. The van der Waals surface area contributed by atoms with Crippen molar-refractivity contribution in [2.45, 2.75) is 4.21 Å². The molecule has 1 fully saturated rings. The van der Waals surface area contributed by atoms with Crippen molar-refractivity contribution in [1.82, 2.24) is 19.0 Å². The van der Waals surface area contributed by atoms with Gasteiger partial charge in [-0.1, -0.05) is 11.6 Å². The van der Waals surface area contributed by atoms with Crippen LogP contribution in [0.5, 0.6) is 0 Å². The number of nitrogens with zero attached hydrogens (tertiary/aromatic N) is 4. The largest absolute Gasteiger partial charge is 0.335 e. The van der Waals surface area contributed by atoms with E-state index in [4.69, 9.17) is 11.6 Å². The summed E-state index contributed by atoms with van der Waals surface area (Å²) in [4.78, 5) is 25.3. The van der Waals surface area contributed by atoms with E-state index in [1.54, 1.807) is 6.07 Å². The fraction of sp³-hybridized carbons (Fsp3) is 0.357. The Hall–Kier alpha value is -1.75. The van der Waals surface area contributed by atoms with E-state index in [0.29, 0.717) is 4.34 Å². The lowest BCUT2D eigenvalue weighted by atomic mass is 10.3. The van der Waals surface area contributed by atoms with Gasteiger partial charge in [0.05, 0.1) is 4.34 Å². The molecule has 25 heavy (non-hydrogen) atoms. The monoisotopic (exact) mass is 402 g/mol. The van der Waals surface area contributed by atoms with Gasteiger partial charge in [0, 0.05) is 39.3 Å². The number of carbonyl (C=O) groups excluding carboxylic acids is 1. The Balaban J connectivity index is 1.70. The van der Waals surface area contributed by atoms with Crippen LogP contribution in [0.1, 0.15) is 10.5 Å². The van der Waals surface area contributed by atoms with Crippen LogP contribution in [0.3, 0.4) is 0 Å². The van der Waals surface area contributed by atoms with E-state index in [0.717, 1.165) is 16.0 Å². The van der Waals surface area contributed by atoms with Crippen LogP contribution in [-0.4, -0.2) is 59.5 Å². The lowest BCUT2D eigenvalue weighted by Crippen LogP contribution is -2.50. The van der Waals surface area contributed by atoms with Crippen molar-refractivity contribution >= 4 is 38.9 Å². The maximum absolute atomic E-state index is 12.6. The van der Waals surface area contributed by atoms with Crippen molar-refractivity contribution in [2.75, 3.05) is 26.2 Å². The first-order chi connectivity index (χ1) is 11.8. The molecule has 2 aromatic heterocycles. The van der Waals surface area contributed by atoms with Gasteiger partial charge in [-0.2, -0.15) is 9.40 Å². The number of hydrogen-bond donors (Lipinski definition) is 0. The van der Waals surface area contributed by atoms with Crippen LogP contribution in [0.2, 0.25) is 4.34 Å². The summed E-state index contributed by atoms with van der Waals surface area (Å²) in [6, 6.07) is 5.68. The van der Waals surface area contributed by atoms with Gasteiger partial charge in [-0.25, -0.2) is 13.1 Å². The van der Waals surface area contributed by atoms with E-state index in [-0.39, 0.29) is 47.5 Å². The van der Waals surface area contributed by atoms with Gasteiger partial charge < -0.3 is 4.90 Å². The quantitative estimate of drug-likeness (QED) is 0.751. The second kappa shape index (κ2) is 6.87. The Labute approximate surface area is 153 Å². The minimum absolute atomic E-state index is 0.156. The molecule has 0 radical (unpaired) electrons. The zero-order valence-corrected chi connectivity index (χ0v) is 15.6. The predicted octanol–water partition coefficient (Wildman–Crippen LogP) is 0.642. The Morgan fingerprint density at radius 2 is 1.84 bits per heavy atom. The van der Waals surface area contributed by atoms with Gasteiger partial charge in [0.25, 0.3) is 21.5 Å². The van der Waals surface area contributed by atoms with E-state index in [2.05, 4.69) is 5.10 Å². The summed E-state index contributed by atoms with van der Waals surface area (Å²) in [6.45, 7) is 0.883. The Bertz CT molecular complexity index is 961. The van der Waals surface area contributed by atoms with E-state index in [1.165, 1.54) is 34.5 Å². The number of rotatable bonds is 3. The van der Waals surface area contributed by atoms with Crippen molar-refractivity contribution in [2.24, 2.45) is 7.05 Å². The lowest BCUT2D eigenvalue weighted by molar-refractivity contribution is 0.0689. The lowest BCUT2D eigenvalue weighted by Gasteiger charge is -2.33. The SMILES string of the molecule is Cn1nc(C(=O)N2CCN(S(=O)(=O)c3ccc(Cl)s3)CC2)ccc1=O. The zero-order valence-electron chi connectivity index (χ0n) is 13.3. The summed E-state index contributed by atoms with van der Waals surface area (Å²) in [5.74, 6) is -0.327. The second-order valence-corrected chi connectivity index (χ2v) is 9.32. The van der Waals surface area contributed by atoms with Crippen molar-refractivity contribution in [3.63, 3.8) is 0 Å². The molecule has 0 spiro atoms. The molecule has 0 N–H and O–H groups in total. The maximum atomic E-state index is 12.6. The number of carbonyl (C=O) groups is 1. The molecule has 1 aliphatic heterocycles. The van der Waals surface area contributed by atoms with Gasteiger partial charge in [0.15, 0.2) is 0 Å². The molecule has 0 bridgehead atoms. The Morgan fingerprint density at radius 1 is 1.16 bits per heavy atom. The topological polar surface area (TPSA) is 92.6 Å². The fourth-order valence-electron chi connectivity index (χ4n) is 2.47. The van der Waals surface area contributed by atoms with Crippen LogP contribution in [-0.2, 0) is 17.1 Å². The highest BCUT2D eigenvalue weighted by Gasteiger charge is 2.31. The van der Waals surface area contributed by atoms with Gasteiger partial charge in [0.1, 0.15) is 9.90 Å². The minimum Gasteiger partial charge on any atom is -0.335 e. The molecule has 0 saturated carbocycles. The molecule has 1 aliphatic rings. The number of aryl methyl sites for hydroxylation is 1. The molecule has 11 heteroatoms. The highest BCUT2D eigenvalue weighted by atomic mass is 35.5. The molecule has 3 heterocycles. The highest BCUT2D eigenvalue weighted by Crippen LogP contribution is 2.28. The first-order valence-corrected chi connectivity index (χ1v) is 10.0. The number of halogens is 1. The molecule has 3 rings (SSSR count). The van der Waals surface area contributed by atoms with Gasteiger partial charge >= 0.3 is 0 Å². The van der Waals surface area contributed by atoms with Gasteiger partial charge in [-0.3, -0.25) is 9.59 Å². The number of aromatic nitrogens is 2. The molecule has 2 aromatic rings. The average molecular weight is 403 g/mol. The number of amides is 1. The third-order valence-electron chi connectivity index (χ3n) is 3.85.